The Balaban J connectivity index is 1.69. The topological polar surface area (TPSA) is 64.6 Å². The highest BCUT2D eigenvalue weighted by Gasteiger charge is 2.13. The molecule has 6 heteroatoms. The van der Waals surface area contributed by atoms with E-state index in [2.05, 4.69) is 66.3 Å². The van der Waals surface area contributed by atoms with Crippen LogP contribution in [0, 0.1) is 0 Å². The van der Waals surface area contributed by atoms with E-state index in [1.807, 2.05) is 24.3 Å². The Bertz CT molecular complexity index is 984. The molecular formula is C22H26N4OS. The molecule has 1 heterocycles. The van der Waals surface area contributed by atoms with Crippen LogP contribution in [-0.2, 0) is 12.0 Å². The van der Waals surface area contributed by atoms with Crippen LogP contribution in [0.1, 0.15) is 31.9 Å². The summed E-state index contributed by atoms with van der Waals surface area (Å²) in [6.07, 6.45) is 3.78. The molecule has 0 saturated heterocycles. The molecule has 2 aromatic carbocycles. The Labute approximate surface area is 171 Å². The van der Waals surface area contributed by atoms with Gasteiger partial charge in [-0.15, -0.1) is 0 Å². The maximum absolute atomic E-state index is 5.95. The highest BCUT2D eigenvalue weighted by atomic mass is 32.1. The fraction of sp³-hybridized carbons (Fsp3) is 0.273. The monoisotopic (exact) mass is 394 g/mol. The van der Waals surface area contributed by atoms with Crippen molar-refractivity contribution < 1.29 is 4.74 Å². The molecule has 0 spiro atoms. The minimum Gasteiger partial charge on any atom is -0.492 e. The summed E-state index contributed by atoms with van der Waals surface area (Å²) in [6, 6.07) is 16.5. The van der Waals surface area contributed by atoms with Gasteiger partial charge >= 0.3 is 0 Å². The van der Waals surface area contributed by atoms with Crippen molar-refractivity contribution in [3.63, 3.8) is 0 Å². The normalized spacial score (nSPS) is 11.8. The van der Waals surface area contributed by atoms with Gasteiger partial charge in [0, 0.05) is 22.7 Å². The fourth-order valence-corrected chi connectivity index (χ4v) is 3.09. The van der Waals surface area contributed by atoms with E-state index < -0.39 is 0 Å². The first-order chi connectivity index (χ1) is 13.3. The van der Waals surface area contributed by atoms with Gasteiger partial charge in [0.05, 0.1) is 12.8 Å². The highest BCUT2D eigenvalue weighted by molar-refractivity contribution is 7.80. The van der Waals surface area contributed by atoms with Crippen molar-refractivity contribution in [2.75, 3.05) is 6.61 Å². The Morgan fingerprint density at radius 2 is 1.89 bits per heavy atom. The van der Waals surface area contributed by atoms with Crippen molar-refractivity contribution in [2.24, 2.45) is 10.8 Å². The number of thiocarbonyl (C=S) groups is 1. The summed E-state index contributed by atoms with van der Waals surface area (Å²) in [5.74, 6) is 0.881. The van der Waals surface area contributed by atoms with Crippen LogP contribution in [0.4, 0.5) is 0 Å². The number of hydrogen-bond acceptors (Lipinski definition) is 3. The zero-order chi connectivity index (χ0) is 20.1. The largest absolute Gasteiger partial charge is 0.492 e. The van der Waals surface area contributed by atoms with Crippen molar-refractivity contribution >= 4 is 34.4 Å². The zero-order valence-electron chi connectivity index (χ0n) is 16.5. The van der Waals surface area contributed by atoms with Crippen molar-refractivity contribution in [2.45, 2.75) is 32.7 Å². The second-order valence-corrected chi connectivity index (χ2v) is 8.09. The van der Waals surface area contributed by atoms with Crippen LogP contribution in [0.2, 0.25) is 0 Å². The molecule has 5 nitrogen and oxygen atoms in total. The van der Waals surface area contributed by atoms with E-state index in [1.54, 1.807) is 6.21 Å². The Kier molecular flexibility index (Phi) is 5.99. The molecule has 3 aromatic rings. The summed E-state index contributed by atoms with van der Waals surface area (Å²) < 4.78 is 8.12. The Hall–Kier alpha value is -2.86. The van der Waals surface area contributed by atoms with Crippen LogP contribution in [0.15, 0.2) is 59.8 Å². The predicted octanol–water partition coefficient (Wildman–Crippen LogP) is 4.18. The molecule has 1 aromatic heterocycles. The van der Waals surface area contributed by atoms with Gasteiger partial charge in [-0.25, -0.2) is 0 Å². The number of fused-ring (bicyclic) bond motifs is 1. The lowest BCUT2D eigenvalue weighted by Gasteiger charge is -2.19. The van der Waals surface area contributed by atoms with E-state index in [0.717, 1.165) is 28.8 Å². The lowest BCUT2D eigenvalue weighted by atomic mass is 9.87. The first kappa shape index (κ1) is 19.9. The number of benzene rings is 2. The molecule has 146 valence electrons. The standard InChI is InChI=1S/C22H26N4OS/c1-22(2,3)17-8-10-18(11-9-17)27-13-12-26-15-16(14-24-25-21(23)28)19-6-4-5-7-20(19)26/h4-11,14-15H,12-13H2,1-3H3,(H3,23,25,28). The molecule has 0 fully saturated rings. The molecule has 0 bridgehead atoms. The van der Waals surface area contributed by atoms with Crippen LogP contribution in [0.5, 0.6) is 5.75 Å². The second kappa shape index (κ2) is 8.44. The van der Waals surface area contributed by atoms with Crippen LogP contribution in [0.25, 0.3) is 10.9 Å². The average molecular weight is 395 g/mol. The molecule has 0 saturated carbocycles. The third-order valence-electron chi connectivity index (χ3n) is 4.52. The summed E-state index contributed by atoms with van der Waals surface area (Å²) in [6.45, 7) is 7.93. The van der Waals surface area contributed by atoms with Gasteiger partial charge < -0.3 is 15.0 Å². The van der Waals surface area contributed by atoms with Crippen LogP contribution in [0.3, 0.4) is 0 Å². The summed E-state index contributed by atoms with van der Waals surface area (Å²) in [5, 5.41) is 5.34. The molecule has 28 heavy (non-hydrogen) atoms. The average Bonchev–Trinajstić information content (AvgIpc) is 2.99. The lowest BCUT2D eigenvalue weighted by Crippen LogP contribution is -2.23. The van der Waals surface area contributed by atoms with Gasteiger partial charge in [0.2, 0.25) is 0 Å². The van der Waals surface area contributed by atoms with E-state index in [4.69, 9.17) is 22.7 Å². The number of hydrogen-bond donors (Lipinski definition) is 2. The lowest BCUT2D eigenvalue weighted by molar-refractivity contribution is 0.300. The third kappa shape index (κ3) is 4.89. The van der Waals surface area contributed by atoms with Gasteiger partial charge in [0.25, 0.3) is 0 Å². The molecular weight excluding hydrogens is 368 g/mol. The Morgan fingerprint density at radius 3 is 2.57 bits per heavy atom. The minimum atomic E-state index is 0.142. The van der Waals surface area contributed by atoms with Crippen LogP contribution >= 0.6 is 12.2 Å². The number of nitrogens with zero attached hydrogens (tertiary/aromatic N) is 2. The van der Waals surface area contributed by atoms with E-state index in [9.17, 15) is 0 Å². The number of ether oxygens (including phenoxy) is 1. The third-order valence-corrected chi connectivity index (χ3v) is 4.61. The van der Waals surface area contributed by atoms with Gasteiger partial charge in [0.1, 0.15) is 12.4 Å². The van der Waals surface area contributed by atoms with Gasteiger partial charge in [0.15, 0.2) is 5.11 Å². The smallest absolute Gasteiger partial charge is 0.184 e. The number of nitrogens with one attached hydrogen (secondary N) is 1. The predicted molar refractivity (Wildman–Crippen MR) is 120 cm³/mol. The van der Waals surface area contributed by atoms with Crippen molar-refractivity contribution in [1.82, 2.24) is 9.99 Å². The molecule has 3 rings (SSSR count). The van der Waals surface area contributed by atoms with Gasteiger partial charge in [-0.2, -0.15) is 5.10 Å². The number of para-hydroxylation sites is 1. The molecule has 0 aliphatic rings. The molecule has 0 amide bonds. The van der Waals surface area contributed by atoms with Crippen LogP contribution in [-0.4, -0.2) is 22.5 Å². The minimum absolute atomic E-state index is 0.142. The molecule has 0 aliphatic carbocycles. The quantitative estimate of drug-likeness (QED) is 0.374. The van der Waals surface area contributed by atoms with E-state index in [0.29, 0.717) is 6.61 Å². The van der Waals surface area contributed by atoms with Gasteiger partial charge in [-0.1, -0.05) is 51.1 Å². The summed E-state index contributed by atoms with van der Waals surface area (Å²) >= 11 is 4.78. The number of rotatable bonds is 6. The molecule has 0 unspecified atom stereocenters. The van der Waals surface area contributed by atoms with Gasteiger partial charge in [-0.05, 0) is 41.4 Å². The van der Waals surface area contributed by atoms with E-state index in [1.165, 1.54) is 5.56 Å². The number of aromatic nitrogens is 1. The van der Waals surface area contributed by atoms with Crippen LogP contribution < -0.4 is 15.9 Å². The van der Waals surface area contributed by atoms with Crippen molar-refractivity contribution in [3.8, 4) is 5.75 Å². The van der Waals surface area contributed by atoms with E-state index in [-0.39, 0.29) is 10.5 Å². The molecule has 0 atom stereocenters. The number of hydrazone groups is 1. The molecule has 0 radical (unpaired) electrons. The fourth-order valence-electron chi connectivity index (χ4n) is 3.04. The second-order valence-electron chi connectivity index (χ2n) is 7.65. The van der Waals surface area contributed by atoms with Crippen molar-refractivity contribution in [1.29, 1.82) is 0 Å². The maximum Gasteiger partial charge on any atom is 0.184 e. The molecule has 3 N–H and O–H groups in total. The van der Waals surface area contributed by atoms with Gasteiger partial charge in [-0.3, -0.25) is 5.43 Å². The Morgan fingerprint density at radius 1 is 1.18 bits per heavy atom. The van der Waals surface area contributed by atoms with E-state index >= 15 is 0 Å². The maximum atomic E-state index is 5.95. The molecule has 0 aliphatic heterocycles. The van der Waals surface area contributed by atoms with Crippen molar-refractivity contribution in [3.05, 3.63) is 65.9 Å². The number of nitrogens with two attached hydrogens (primary N) is 1. The first-order valence-corrected chi connectivity index (χ1v) is 9.65. The summed E-state index contributed by atoms with van der Waals surface area (Å²) in [5.41, 5.74) is 11.6. The SMILES string of the molecule is CC(C)(C)c1ccc(OCCn2cc(C=NNC(N)=S)c3ccccc32)cc1. The summed E-state index contributed by atoms with van der Waals surface area (Å²) in [7, 11) is 0. The first-order valence-electron chi connectivity index (χ1n) is 9.24. The highest BCUT2D eigenvalue weighted by Crippen LogP contribution is 2.24. The zero-order valence-corrected chi connectivity index (χ0v) is 17.3. The summed E-state index contributed by atoms with van der Waals surface area (Å²) in [4.78, 5) is 0.